The number of hydrogen-bond acceptors (Lipinski definition) is 2. The highest BCUT2D eigenvalue weighted by Crippen LogP contribution is 2.20. The molecule has 1 heterocycles. The van der Waals surface area contributed by atoms with Gasteiger partial charge in [0.15, 0.2) is 0 Å². The van der Waals surface area contributed by atoms with Crippen molar-refractivity contribution in [2.24, 2.45) is 0 Å². The number of aliphatic hydroxyl groups excluding tert-OH is 1. The van der Waals surface area contributed by atoms with Crippen molar-refractivity contribution in [2.45, 2.75) is 19.6 Å². The van der Waals surface area contributed by atoms with Crippen molar-refractivity contribution in [3.8, 4) is 0 Å². The van der Waals surface area contributed by atoms with Gasteiger partial charge in [-0.15, -0.1) is 0 Å². The van der Waals surface area contributed by atoms with Crippen LogP contribution < -0.4 is 5.32 Å². The summed E-state index contributed by atoms with van der Waals surface area (Å²) in [6, 6.07) is 7.68. The molecule has 2 rings (SSSR count). The van der Waals surface area contributed by atoms with Gasteiger partial charge in [-0.1, -0.05) is 11.6 Å². The second kappa shape index (κ2) is 5.42. The molecule has 1 unspecified atom stereocenters. The predicted molar refractivity (Wildman–Crippen MR) is 71.6 cm³/mol. The maximum Gasteiger partial charge on any atom is 0.248 e. The first-order chi connectivity index (χ1) is 8.58. The third-order valence-electron chi connectivity index (χ3n) is 2.76. The lowest BCUT2D eigenvalue weighted by atomic mass is 10.2. The number of fused-ring (bicyclic) bond motifs is 1. The number of nitrogens with zero attached hydrogens (tertiary/aromatic N) is 1. The Labute approximate surface area is 110 Å². The number of aliphatic hydroxyl groups is 1. The van der Waals surface area contributed by atoms with Crippen molar-refractivity contribution in [1.82, 2.24) is 9.88 Å². The molecule has 0 saturated carbocycles. The van der Waals surface area contributed by atoms with Crippen LogP contribution in [0.2, 0.25) is 5.02 Å². The van der Waals surface area contributed by atoms with E-state index in [9.17, 15) is 4.79 Å². The average Bonchev–Trinajstić information content (AvgIpc) is 2.71. The molecule has 1 aromatic heterocycles. The first kappa shape index (κ1) is 12.9. The van der Waals surface area contributed by atoms with Gasteiger partial charge in [-0.25, -0.2) is 0 Å². The molecule has 0 aliphatic carbocycles. The van der Waals surface area contributed by atoms with E-state index in [-0.39, 0.29) is 5.91 Å². The minimum atomic E-state index is -0.967. The van der Waals surface area contributed by atoms with E-state index in [2.05, 4.69) is 5.32 Å². The Hall–Kier alpha value is -1.52. The molecule has 0 fully saturated rings. The number of amides is 1. The van der Waals surface area contributed by atoms with Crippen LogP contribution in [0.1, 0.15) is 6.92 Å². The first-order valence-corrected chi connectivity index (χ1v) is 6.16. The van der Waals surface area contributed by atoms with E-state index in [0.29, 0.717) is 18.1 Å². The van der Waals surface area contributed by atoms with E-state index in [1.807, 2.05) is 35.0 Å². The Kier molecular flexibility index (Phi) is 3.89. The summed E-state index contributed by atoms with van der Waals surface area (Å²) in [5, 5.41) is 13.5. The molecule has 0 spiro atoms. The fraction of sp³-hybridized carbons (Fsp3) is 0.308. The minimum absolute atomic E-state index is 0.352. The standard InChI is InChI=1S/C13H15ClN2O2/c1-9(17)13(18)15-5-7-16-6-4-10-8-11(14)2-3-12(10)16/h2-4,6,8-9,17H,5,7H2,1H3,(H,15,18). The van der Waals surface area contributed by atoms with Crippen molar-refractivity contribution >= 4 is 28.4 Å². The number of halogens is 1. The number of hydrogen-bond donors (Lipinski definition) is 2. The van der Waals surface area contributed by atoms with Gasteiger partial charge >= 0.3 is 0 Å². The Morgan fingerprint density at radius 3 is 3.00 bits per heavy atom. The summed E-state index contributed by atoms with van der Waals surface area (Å²) >= 11 is 5.91. The van der Waals surface area contributed by atoms with Crippen molar-refractivity contribution in [1.29, 1.82) is 0 Å². The molecule has 0 aliphatic heterocycles. The highest BCUT2D eigenvalue weighted by molar-refractivity contribution is 6.31. The van der Waals surface area contributed by atoms with Crippen LogP contribution in [-0.2, 0) is 11.3 Å². The number of rotatable bonds is 4. The van der Waals surface area contributed by atoms with Gasteiger partial charge in [0.25, 0.3) is 0 Å². The average molecular weight is 267 g/mol. The van der Waals surface area contributed by atoms with Gasteiger partial charge in [-0.3, -0.25) is 4.79 Å². The summed E-state index contributed by atoms with van der Waals surface area (Å²) in [5.74, 6) is -0.352. The van der Waals surface area contributed by atoms with Crippen molar-refractivity contribution in [2.75, 3.05) is 6.54 Å². The minimum Gasteiger partial charge on any atom is -0.384 e. The highest BCUT2D eigenvalue weighted by atomic mass is 35.5. The number of benzene rings is 1. The molecular formula is C13H15ClN2O2. The summed E-state index contributed by atoms with van der Waals surface area (Å²) in [5.41, 5.74) is 1.07. The smallest absolute Gasteiger partial charge is 0.248 e. The monoisotopic (exact) mass is 266 g/mol. The normalized spacial score (nSPS) is 12.6. The van der Waals surface area contributed by atoms with E-state index in [1.165, 1.54) is 6.92 Å². The molecule has 2 aromatic rings. The number of carbonyl (C=O) groups excluding carboxylic acids is 1. The second-order valence-electron chi connectivity index (χ2n) is 4.18. The van der Waals surface area contributed by atoms with Crippen LogP contribution in [0.3, 0.4) is 0 Å². The van der Waals surface area contributed by atoms with E-state index in [0.717, 1.165) is 10.9 Å². The fourth-order valence-corrected chi connectivity index (χ4v) is 1.99. The third kappa shape index (κ3) is 2.83. The molecule has 0 radical (unpaired) electrons. The van der Waals surface area contributed by atoms with Gasteiger partial charge in [0.05, 0.1) is 0 Å². The lowest BCUT2D eigenvalue weighted by molar-refractivity contribution is -0.128. The molecule has 5 heteroatoms. The van der Waals surface area contributed by atoms with Gasteiger partial charge in [-0.2, -0.15) is 0 Å². The Morgan fingerprint density at radius 1 is 1.50 bits per heavy atom. The quantitative estimate of drug-likeness (QED) is 0.887. The zero-order valence-corrected chi connectivity index (χ0v) is 10.8. The molecule has 1 aromatic carbocycles. The van der Waals surface area contributed by atoms with Crippen molar-refractivity contribution < 1.29 is 9.90 Å². The lowest BCUT2D eigenvalue weighted by Gasteiger charge is -2.08. The summed E-state index contributed by atoms with van der Waals surface area (Å²) in [7, 11) is 0. The van der Waals surface area contributed by atoms with Crippen molar-refractivity contribution in [3.05, 3.63) is 35.5 Å². The largest absolute Gasteiger partial charge is 0.384 e. The summed E-state index contributed by atoms with van der Waals surface area (Å²) < 4.78 is 2.04. The van der Waals surface area contributed by atoms with Crippen LogP contribution >= 0.6 is 11.6 Å². The zero-order chi connectivity index (χ0) is 13.1. The lowest BCUT2D eigenvalue weighted by Crippen LogP contribution is -2.34. The number of carbonyl (C=O) groups is 1. The van der Waals surface area contributed by atoms with E-state index in [1.54, 1.807) is 0 Å². The molecule has 18 heavy (non-hydrogen) atoms. The summed E-state index contributed by atoms with van der Waals surface area (Å²) in [6.45, 7) is 2.59. The SMILES string of the molecule is CC(O)C(=O)NCCn1ccc2cc(Cl)ccc21. The fourth-order valence-electron chi connectivity index (χ4n) is 1.81. The summed E-state index contributed by atoms with van der Waals surface area (Å²) in [4.78, 5) is 11.2. The molecule has 4 nitrogen and oxygen atoms in total. The Morgan fingerprint density at radius 2 is 2.28 bits per heavy atom. The second-order valence-corrected chi connectivity index (χ2v) is 4.62. The molecular weight excluding hydrogens is 252 g/mol. The molecule has 2 N–H and O–H groups in total. The van der Waals surface area contributed by atoms with Gasteiger partial charge in [0, 0.05) is 35.2 Å². The third-order valence-corrected chi connectivity index (χ3v) is 3.00. The topological polar surface area (TPSA) is 54.3 Å². The van der Waals surface area contributed by atoms with Gasteiger partial charge in [0.2, 0.25) is 5.91 Å². The van der Waals surface area contributed by atoms with E-state index >= 15 is 0 Å². The zero-order valence-electron chi connectivity index (χ0n) is 10.1. The van der Waals surface area contributed by atoms with Gasteiger partial charge in [0.1, 0.15) is 6.10 Å². The highest BCUT2D eigenvalue weighted by Gasteiger charge is 2.07. The van der Waals surface area contributed by atoms with Crippen LogP contribution in [0, 0.1) is 0 Å². The van der Waals surface area contributed by atoms with Crippen LogP contribution in [0.4, 0.5) is 0 Å². The Balaban J connectivity index is 2.02. The van der Waals surface area contributed by atoms with E-state index in [4.69, 9.17) is 16.7 Å². The van der Waals surface area contributed by atoms with Crippen LogP contribution in [0.15, 0.2) is 30.5 Å². The van der Waals surface area contributed by atoms with Crippen molar-refractivity contribution in [3.63, 3.8) is 0 Å². The van der Waals surface area contributed by atoms with Gasteiger partial charge in [-0.05, 0) is 31.2 Å². The maximum atomic E-state index is 11.2. The molecule has 1 amide bonds. The molecule has 1 atom stereocenters. The Bertz CT molecular complexity index is 563. The number of nitrogens with one attached hydrogen (secondary N) is 1. The predicted octanol–water partition coefficient (Wildman–Crippen LogP) is 1.79. The van der Waals surface area contributed by atoms with Crippen LogP contribution in [0.5, 0.6) is 0 Å². The molecule has 96 valence electrons. The molecule has 0 saturated heterocycles. The molecule has 0 aliphatic rings. The van der Waals surface area contributed by atoms with E-state index < -0.39 is 6.10 Å². The van der Waals surface area contributed by atoms with Gasteiger partial charge < -0.3 is 15.0 Å². The maximum absolute atomic E-state index is 11.2. The summed E-state index contributed by atoms with van der Waals surface area (Å²) in [6.07, 6.45) is 0.986. The molecule has 0 bridgehead atoms. The first-order valence-electron chi connectivity index (χ1n) is 5.78. The van der Waals surface area contributed by atoms with Crippen LogP contribution in [0.25, 0.3) is 10.9 Å². The van der Waals surface area contributed by atoms with Crippen LogP contribution in [-0.4, -0.2) is 28.2 Å². The number of aromatic nitrogens is 1.